The molecule has 1 fully saturated rings. The quantitative estimate of drug-likeness (QED) is 0.337. The number of nitrogens with one attached hydrogen (secondary N) is 2. The molecule has 0 aromatic heterocycles. The number of benzene rings is 1. The fraction of sp³-hybridized carbons (Fsp3) is 0.632. The van der Waals surface area contributed by atoms with Crippen molar-refractivity contribution in [1.29, 1.82) is 0 Å². The standard InChI is InChI=1S/C19H32N4O2S.HI/c1-15-13-16(9-10-18(15)26(4,24)25)14-22-19(20-2)21-11-12-23(3)17-7-5-6-8-17;/h9-10,13,17H,5-8,11-12,14H2,1-4H3,(H2,20,21,22);1H. The predicted octanol–water partition coefficient (Wildman–Crippen LogP) is 2.56. The molecule has 1 aromatic rings. The first-order chi connectivity index (χ1) is 12.3. The van der Waals surface area contributed by atoms with Crippen LogP contribution in [0.5, 0.6) is 0 Å². The van der Waals surface area contributed by atoms with E-state index in [0.29, 0.717) is 11.4 Å². The van der Waals surface area contributed by atoms with Gasteiger partial charge in [-0.15, -0.1) is 24.0 Å². The lowest BCUT2D eigenvalue weighted by Gasteiger charge is -2.24. The van der Waals surface area contributed by atoms with Crippen molar-refractivity contribution < 1.29 is 8.42 Å². The lowest BCUT2D eigenvalue weighted by Crippen LogP contribution is -2.42. The zero-order valence-electron chi connectivity index (χ0n) is 16.8. The Morgan fingerprint density at radius 3 is 2.48 bits per heavy atom. The number of likely N-dealkylation sites (N-methyl/N-ethyl adjacent to an activating group) is 1. The molecule has 0 atom stereocenters. The summed E-state index contributed by atoms with van der Waals surface area (Å²) in [5, 5.41) is 6.63. The Balaban J connectivity index is 0.00000364. The third kappa shape index (κ3) is 7.57. The Morgan fingerprint density at radius 1 is 1.26 bits per heavy atom. The SMILES string of the molecule is CN=C(NCCN(C)C1CCCC1)NCc1ccc(S(C)(=O)=O)c(C)c1.I. The zero-order chi connectivity index (χ0) is 19.2. The summed E-state index contributed by atoms with van der Waals surface area (Å²) in [5.74, 6) is 0.759. The van der Waals surface area contributed by atoms with E-state index in [1.807, 2.05) is 19.1 Å². The molecule has 0 saturated heterocycles. The lowest BCUT2D eigenvalue weighted by atomic mass is 10.1. The number of halogens is 1. The second-order valence-corrected chi connectivity index (χ2v) is 9.13. The summed E-state index contributed by atoms with van der Waals surface area (Å²) in [7, 11) is 0.778. The van der Waals surface area contributed by atoms with Gasteiger partial charge in [0, 0.05) is 39.0 Å². The van der Waals surface area contributed by atoms with Crippen LogP contribution in [0.25, 0.3) is 0 Å². The lowest BCUT2D eigenvalue weighted by molar-refractivity contribution is 0.249. The fourth-order valence-electron chi connectivity index (χ4n) is 3.52. The van der Waals surface area contributed by atoms with Gasteiger partial charge in [-0.25, -0.2) is 8.42 Å². The van der Waals surface area contributed by atoms with Gasteiger partial charge in [0.05, 0.1) is 4.90 Å². The van der Waals surface area contributed by atoms with E-state index < -0.39 is 9.84 Å². The van der Waals surface area contributed by atoms with E-state index in [1.54, 1.807) is 13.1 Å². The summed E-state index contributed by atoms with van der Waals surface area (Å²) in [6.07, 6.45) is 6.56. The number of guanidine groups is 1. The molecule has 0 unspecified atom stereocenters. The van der Waals surface area contributed by atoms with Gasteiger partial charge in [-0.05, 0) is 44.0 Å². The van der Waals surface area contributed by atoms with Crippen LogP contribution in [0, 0.1) is 6.92 Å². The normalized spacial score (nSPS) is 15.7. The molecule has 2 rings (SSSR count). The average molecular weight is 508 g/mol. The summed E-state index contributed by atoms with van der Waals surface area (Å²) < 4.78 is 23.4. The Bertz CT molecular complexity index is 731. The molecule has 0 amide bonds. The van der Waals surface area contributed by atoms with Crippen molar-refractivity contribution in [2.45, 2.75) is 50.1 Å². The first kappa shape index (κ1) is 24.2. The van der Waals surface area contributed by atoms with E-state index in [4.69, 9.17) is 0 Å². The van der Waals surface area contributed by atoms with Crippen molar-refractivity contribution in [2.24, 2.45) is 4.99 Å². The van der Waals surface area contributed by atoms with E-state index in [9.17, 15) is 8.42 Å². The van der Waals surface area contributed by atoms with Gasteiger partial charge in [0.1, 0.15) is 0 Å². The minimum Gasteiger partial charge on any atom is -0.355 e. The molecule has 154 valence electrons. The third-order valence-corrected chi connectivity index (χ3v) is 6.28. The van der Waals surface area contributed by atoms with Crippen molar-refractivity contribution in [2.75, 3.05) is 33.4 Å². The van der Waals surface area contributed by atoms with Gasteiger partial charge in [-0.3, -0.25) is 4.99 Å². The van der Waals surface area contributed by atoms with Crippen molar-refractivity contribution in [1.82, 2.24) is 15.5 Å². The highest BCUT2D eigenvalue weighted by Crippen LogP contribution is 2.21. The second kappa shape index (κ2) is 11.2. The number of aliphatic imine (C=N–C) groups is 1. The number of hydrogen-bond donors (Lipinski definition) is 2. The predicted molar refractivity (Wildman–Crippen MR) is 123 cm³/mol. The van der Waals surface area contributed by atoms with Crippen molar-refractivity contribution in [3.05, 3.63) is 29.3 Å². The van der Waals surface area contributed by atoms with Crippen molar-refractivity contribution in [3.63, 3.8) is 0 Å². The van der Waals surface area contributed by atoms with Crippen LogP contribution in [-0.4, -0.2) is 58.8 Å². The van der Waals surface area contributed by atoms with Crippen LogP contribution >= 0.6 is 24.0 Å². The van der Waals surface area contributed by atoms with Crippen LogP contribution in [0.4, 0.5) is 0 Å². The minimum atomic E-state index is -3.17. The molecule has 1 aliphatic rings. The maximum atomic E-state index is 11.7. The molecule has 0 spiro atoms. The van der Waals surface area contributed by atoms with E-state index in [2.05, 4.69) is 27.6 Å². The van der Waals surface area contributed by atoms with Gasteiger partial charge in [0.2, 0.25) is 0 Å². The number of hydrogen-bond acceptors (Lipinski definition) is 4. The van der Waals surface area contributed by atoms with E-state index >= 15 is 0 Å². The highest BCUT2D eigenvalue weighted by molar-refractivity contribution is 14.0. The molecular weight excluding hydrogens is 475 g/mol. The van der Waals surface area contributed by atoms with E-state index in [0.717, 1.165) is 36.2 Å². The summed E-state index contributed by atoms with van der Waals surface area (Å²) >= 11 is 0. The minimum absolute atomic E-state index is 0. The van der Waals surface area contributed by atoms with Crippen molar-refractivity contribution in [3.8, 4) is 0 Å². The number of nitrogens with zero attached hydrogens (tertiary/aromatic N) is 2. The highest BCUT2D eigenvalue weighted by Gasteiger charge is 2.18. The van der Waals surface area contributed by atoms with Crippen LogP contribution < -0.4 is 10.6 Å². The Labute approximate surface area is 181 Å². The molecule has 0 heterocycles. The average Bonchev–Trinajstić information content (AvgIpc) is 3.11. The maximum Gasteiger partial charge on any atom is 0.191 e. The number of sulfone groups is 1. The smallest absolute Gasteiger partial charge is 0.191 e. The summed E-state index contributed by atoms with van der Waals surface area (Å²) in [5.41, 5.74) is 1.80. The number of rotatable bonds is 7. The molecule has 0 radical (unpaired) electrons. The zero-order valence-corrected chi connectivity index (χ0v) is 19.9. The van der Waals surface area contributed by atoms with Gasteiger partial charge in [-0.2, -0.15) is 0 Å². The molecule has 6 nitrogen and oxygen atoms in total. The van der Waals surface area contributed by atoms with Crippen LogP contribution in [-0.2, 0) is 16.4 Å². The molecule has 0 aliphatic heterocycles. The summed E-state index contributed by atoms with van der Waals surface area (Å²) in [6, 6.07) is 6.15. The Hall–Kier alpha value is -0.870. The van der Waals surface area contributed by atoms with Gasteiger partial charge >= 0.3 is 0 Å². The maximum absolute atomic E-state index is 11.7. The molecule has 1 aliphatic carbocycles. The molecule has 1 saturated carbocycles. The van der Waals surface area contributed by atoms with Gasteiger partial charge in [0.15, 0.2) is 15.8 Å². The largest absolute Gasteiger partial charge is 0.355 e. The molecule has 8 heteroatoms. The first-order valence-electron chi connectivity index (χ1n) is 9.25. The molecular formula is C19H33IN4O2S. The summed E-state index contributed by atoms with van der Waals surface area (Å²) in [4.78, 5) is 7.08. The van der Waals surface area contributed by atoms with E-state index in [-0.39, 0.29) is 24.0 Å². The van der Waals surface area contributed by atoms with E-state index in [1.165, 1.54) is 31.9 Å². The molecule has 1 aromatic carbocycles. The topological polar surface area (TPSA) is 73.8 Å². The Morgan fingerprint density at radius 2 is 1.93 bits per heavy atom. The van der Waals surface area contributed by atoms with Gasteiger partial charge in [-0.1, -0.05) is 25.0 Å². The van der Waals surface area contributed by atoms with Gasteiger partial charge < -0.3 is 15.5 Å². The van der Waals surface area contributed by atoms with Crippen LogP contribution in [0.3, 0.4) is 0 Å². The monoisotopic (exact) mass is 508 g/mol. The van der Waals surface area contributed by atoms with Gasteiger partial charge in [0.25, 0.3) is 0 Å². The number of aryl methyl sites for hydroxylation is 1. The fourth-order valence-corrected chi connectivity index (χ4v) is 4.48. The van der Waals surface area contributed by atoms with Crippen LogP contribution in [0.1, 0.15) is 36.8 Å². The van der Waals surface area contributed by atoms with Crippen LogP contribution in [0.15, 0.2) is 28.1 Å². The second-order valence-electron chi connectivity index (χ2n) is 7.14. The van der Waals surface area contributed by atoms with Crippen LogP contribution in [0.2, 0.25) is 0 Å². The molecule has 27 heavy (non-hydrogen) atoms. The summed E-state index contributed by atoms with van der Waals surface area (Å²) in [6.45, 7) is 4.26. The third-order valence-electron chi connectivity index (χ3n) is 5.03. The Kier molecular flexibility index (Phi) is 10.0. The molecule has 0 bridgehead atoms. The highest BCUT2D eigenvalue weighted by atomic mass is 127. The molecule has 2 N–H and O–H groups in total. The van der Waals surface area contributed by atoms with Crippen molar-refractivity contribution >= 4 is 39.8 Å². The first-order valence-corrected chi connectivity index (χ1v) is 11.1.